The van der Waals surface area contributed by atoms with E-state index in [0.29, 0.717) is 6.54 Å². The summed E-state index contributed by atoms with van der Waals surface area (Å²) in [6.45, 7) is 8.47. The minimum absolute atomic E-state index is 0.0184. The normalized spacial score (nSPS) is 13.8. The van der Waals surface area contributed by atoms with Crippen molar-refractivity contribution in [1.29, 1.82) is 0 Å². The summed E-state index contributed by atoms with van der Waals surface area (Å²) in [5.74, 6) is 0.879. The monoisotopic (exact) mass is 375 g/mol. The maximum absolute atomic E-state index is 12.1. The zero-order valence-electron chi connectivity index (χ0n) is 16.5. The molecule has 0 radical (unpaired) electrons. The third-order valence-corrected chi connectivity index (χ3v) is 5.18. The second kappa shape index (κ2) is 7.46. The Labute approximate surface area is 164 Å². The average molecular weight is 375 g/mol. The van der Waals surface area contributed by atoms with Crippen molar-refractivity contribution in [2.45, 2.75) is 27.2 Å². The summed E-state index contributed by atoms with van der Waals surface area (Å²) in [5.41, 5.74) is 6.21. The molecule has 144 valence electrons. The lowest BCUT2D eigenvalue weighted by molar-refractivity contribution is 0.0946. The molecule has 28 heavy (non-hydrogen) atoms. The Morgan fingerprint density at radius 2 is 2.11 bits per heavy atom. The number of aromatic nitrogens is 3. The van der Waals surface area contributed by atoms with E-state index in [9.17, 15) is 4.79 Å². The number of rotatable bonds is 5. The Hall–Kier alpha value is -3.15. The maximum atomic E-state index is 12.1. The number of H-pyrrole nitrogens is 1. The summed E-state index contributed by atoms with van der Waals surface area (Å²) >= 11 is 0. The number of carbonyl (C=O) groups is 1. The van der Waals surface area contributed by atoms with Crippen LogP contribution in [0.4, 0.5) is 5.82 Å². The molecule has 0 spiro atoms. The van der Waals surface area contributed by atoms with Gasteiger partial charge in [-0.15, -0.1) is 0 Å². The van der Waals surface area contributed by atoms with Crippen LogP contribution in [0.1, 0.15) is 35.6 Å². The summed E-state index contributed by atoms with van der Waals surface area (Å²) in [4.78, 5) is 27.6. The first-order chi connectivity index (χ1) is 13.6. The second-order valence-electron chi connectivity index (χ2n) is 6.99. The number of amides is 1. The molecule has 1 aromatic carbocycles. The second-order valence-corrected chi connectivity index (χ2v) is 6.99. The molecule has 1 aliphatic heterocycles. The third-order valence-electron chi connectivity index (χ3n) is 5.18. The first-order valence-electron chi connectivity index (χ1n) is 9.76. The fourth-order valence-electron chi connectivity index (χ4n) is 3.71. The number of aryl methyl sites for hydroxylation is 1. The Bertz CT molecular complexity index is 1070. The van der Waals surface area contributed by atoms with Crippen molar-refractivity contribution < 1.29 is 4.79 Å². The molecule has 0 bridgehead atoms. The number of fused-ring (bicyclic) bond motifs is 2. The van der Waals surface area contributed by atoms with Gasteiger partial charge in [-0.25, -0.2) is 9.97 Å². The van der Waals surface area contributed by atoms with Crippen LogP contribution in [0.3, 0.4) is 0 Å². The number of anilines is 1. The highest BCUT2D eigenvalue weighted by molar-refractivity contribution is 5.99. The van der Waals surface area contributed by atoms with E-state index in [4.69, 9.17) is 9.97 Å². The summed E-state index contributed by atoms with van der Waals surface area (Å²) in [7, 11) is 0. The molecule has 6 nitrogen and oxygen atoms in total. The number of likely N-dealkylation sites (N-methyl/N-ethyl adjacent to an activating group) is 1. The Morgan fingerprint density at radius 1 is 1.25 bits per heavy atom. The smallest absolute Gasteiger partial charge is 0.253 e. The molecular formula is C22H25N5O. The van der Waals surface area contributed by atoms with Gasteiger partial charge in [0, 0.05) is 43.0 Å². The Kier molecular flexibility index (Phi) is 4.86. The van der Waals surface area contributed by atoms with E-state index in [1.807, 2.05) is 44.2 Å². The Balaban J connectivity index is 1.86. The lowest BCUT2D eigenvalue weighted by Crippen LogP contribution is -2.31. The lowest BCUT2D eigenvalue weighted by atomic mass is 10.1. The molecule has 1 aliphatic rings. The minimum Gasteiger partial charge on any atom is -0.358 e. The van der Waals surface area contributed by atoms with E-state index in [1.165, 1.54) is 0 Å². The molecule has 0 aliphatic carbocycles. The van der Waals surface area contributed by atoms with Crippen LogP contribution in [0.5, 0.6) is 0 Å². The van der Waals surface area contributed by atoms with Crippen molar-refractivity contribution in [2.75, 3.05) is 24.5 Å². The van der Waals surface area contributed by atoms with Gasteiger partial charge >= 0.3 is 0 Å². The van der Waals surface area contributed by atoms with Crippen LogP contribution in [0.15, 0.2) is 36.4 Å². The van der Waals surface area contributed by atoms with E-state index in [1.54, 1.807) is 0 Å². The standard InChI is InChI=1S/C22H25N5O/c1-4-6-12-27(5-2)21-14(3)24-18-9-7-8-15(20(18)26-21)19-13-16-17(25-19)10-11-23-22(16)28/h4,6-9,13,25H,5,10-12H2,1-3H3,(H,23,28)/b6-4+. The predicted molar refractivity (Wildman–Crippen MR) is 113 cm³/mol. The zero-order chi connectivity index (χ0) is 19.7. The largest absolute Gasteiger partial charge is 0.358 e. The molecule has 3 heterocycles. The van der Waals surface area contributed by atoms with Gasteiger partial charge in [-0.1, -0.05) is 24.3 Å². The fourth-order valence-corrected chi connectivity index (χ4v) is 3.71. The summed E-state index contributed by atoms with van der Waals surface area (Å²) in [6.07, 6.45) is 4.99. The van der Waals surface area contributed by atoms with Crippen molar-refractivity contribution >= 4 is 22.8 Å². The zero-order valence-corrected chi connectivity index (χ0v) is 16.5. The average Bonchev–Trinajstić information content (AvgIpc) is 3.14. The van der Waals surface area contributed by atoms with Crippen LogP contribution in [-0.2, 0) is 6.42 Å². The van der Waals surface area contributed by atoms with Gasteiger partial charge in [0.1, 0.15) is 5.52 Å². The number of para-hydroxylation sites is 1. The molecule has 0 atom stereocenters. The molecule has 0 saturated carbocycles. The highest BCUT2D eigenvalue weighted by atomic mass is 16.1. The Morgan fingerprint density at radius 3 is 2.86 bits per heavy atom. The van der Waals surface area contributed by atoms with Crippen molar-refractivity contribution in [3.63, 3.8) is 0 Å². The minimum atomic E-state index is -0.0184. The van der Waals surface area contributed by atoms with E-state index >= 15 is 0 Å². The van der Waals surface area contributed by atoms with Gasteiger partial charge in [0.2, 0.25) is 0 Å². The lowest BCUT2D eigenvalue weighted by Gasteiger charge is -2.22. The molecule has 0 fully saturated rings. The first-order valence-corrected chi connectivity index (χ1v) is 9.76. The predicted octanol–water partition coefficient (Wildman–Crippen LogP) is 3.62. The van der Waals surface area contributed by atoms with Crippen molar-refractivity contribution in [3.05, 3.63) is 53.4 Å². The summed E-state index contributed by atoms with van der Waals surface area (Å²) < 4.78 is 0. The van der Waals surface area contributed by atoms with Gasteiger partial charge < -0.3 is 15.2 Å². The van der Waals surface area contributed by atoms with Crippen molar-refractivity contribution in [3.8, 4) is 11.3 Å². The fraction of sp³-hybridized carbons (Fsp3) is 0.318. The van der Waals surface area contributed by atoms with E-state index < -0.39 is 0 Å². The number of allylic oxidation sites excluding steroid dienone is 1. The summed E-state index contributed by atoms with van der Waals surface area (Å²) in [6, 6.07) is 7.94. The number of carbonyl (C=O) groups excluding carboxylic acids is 1. The van der Waals surface area contributed by atoms with E-state index in [0.717, 1.165) is 64.6 Å². The van der Waals surface area contributed by atoms with Crippen LogP contribution in [0.2, 0.25) is 0 Å². The van der Waals surface area contributed by atoms with Crippen LogP contribution in [-0.4, -0.2) is 40.5 Å². The highest BCUT2D eigenvalue weighted by Crippen LogP contribution is 2.31. The van der Waals surface area contributed by atoms with Crippen molar-refractivity contribution in [2.24, 2.45) is 0 Å². The molecule has 1 amide bonds. The van der Waals surface area contributed by atoms with Crippen LogP contribution < -0.4 is 10.2 Å². The highest BCUT2D eigenvalue weighted by Gasteiger charge is 2.21. The number of nitrogens with zero attached hydrogens (tertiary/aromatic N) is 3. The van der Waals surface area contributed by atoms with Gasteiger partial charge in [-0.3, -0.25) is 4.79 Å². The maximum Gasteiger partial charge on any atom is 0.253 e. The van der Waals surface area contributed by atoms with Crippen LogP contribution in [0.25, 0.3) is 22.3 Å². The van der Waals surface area contributed by atoms with Gasteiger partial charge in [0.25, 0.3) is 5.91 Å². The molecule has 4 rings (SSSR count). The molecular weight excluding hydrogens is 350 g/mol. The van der Waals surface area contributed by atoms with Gasteiger partial charge in [-0.2, -0.15) is 0 Å². The summed E-state index contributed by atoms with van der Waals surface area (Å²) in [5, 5.41) is 2.90. The first kappa shape index (κ1) is 18.2. The quantitative estimate of drug-likeness (QED) is 0.668. The van der Waals surface area contributed by atoms with Gasteiger partial charge in [0.15, 0.2) is 5.82 Å². The van der Waals surface area contributed by atoms with Crippen LogP contribution >= 0.6 is 0 Å². The number of benzene rings is 1. The molecule has 2 N–H and O–H groups in total. The number of hydrogen-bond acceptors (Lipinski definition) is 4. The molecule has 3 aromatic rings. The van der Waals surface area contributed by atoms with Gasteiger partial charge in [-0.05, 0) is 32.9 Å². The number of nitrogens with one attached hydrogen (secondary N) is 2. The van der Waals surface area contributed by atoms with Gasteiger partial charge in [0.05, 0.1) is 16.8 Å². The van der Waals surface area contributed by atoms with Crippen LogP contribution in [0, 0.1) is 6.92 Å². The SMILES string of the molecule is C/C=C/CN(CC)c1nc2c(-c3cc4c([nH]3)CCNC4=O)cccc2nc1C. The molecule has 0 saturated heterocycles. The number of hydrogen-bond donors (Lipinski definition) is 2. The number of aromatic amines is 1. The molecule has 2 aromatic heterocycles. The molecule has 0 unspecified atom stereocenters. The topological polar surface area (TPSA) is 73.9 Å². The van der Waals surface area contributed by atoms with E-state index in [-0.39, 0.29) is 5.91 Å². The molecule has 6 heteroatoms. The third kappa shape index (κ3) is 3.15. The van der Waals surface area contributed by atoms with Crippen molar-refractivity contribution in [1.82, 2.24) is 20.3 Å². The van der Waals surface area contributed by atoms with E-state index in [2.05, 4.69) is 28.2 Å².